The van der Waals surface area contributed by atoms with Gasteiger partial charge >= 0.3 is 5.97 Å². The maximum atomic E-state index is 10.8. The van der Waals surface area contributed by atoms with Gasteiger partial charge in [-0.2, -0.15) is 5.10 Å². The summed E-state index contributed by atoms with van der Waals surface area (Å²) < 4.78 is 0. The second kappa shape index (κ2) is 6.05. The summed E-state index contributed by atoms with van der Waals surface area (Å²) in [5, 5.41) is 19.2. The van der Waals surface area contributed by atoms with Crippen molar-refractivity contribution >= 4 is 5.97 Å². The highest BCUT2D eigenvalue weighted by molar-refractivity contribution is 5.87. The minimum Gasteiger partial charge on any atom is -0.478 e. The summed E-state index contributed by atoms with van der Waals surface area (Å²) in [4.78, 5) is 15.2. The summed E-state index contributed by atoms with van der Waals surface area (Å²) in [6.45, 7) is 7.43. The Morgan fingerprint density at radius 2 is 1.90 bits per heavy atom. The molecule has 112 valence electrons. The van der Waals surface area contributed by atoms with Gasteiger partial charge in [0.2, 0.25) is 0 Å². The first-order valence-corrected chi connectivity index (χ1v) is 6.81. The molecular formula is C15H20N4O2. The lowest BCUT2D eigenvalue weighted by atomic mass is 9.96. The number of nitrogens with one attached hydrogen (secondary N) is 2. The van der Waals surface area contributed by atoms with Crippen LogP contribution in [-0.4, -0.2) is 26.3 Å². The van der Waals surface area contributed by atoms with Crippen LogP contribution in [0.25, 0.3) is 0 Å². The molecule has 2 aromatic rings. The Bertz CT molecular complexity index is 611. The second-order valence-electron chi connectivity index (χ2n) is 5.96. The second-order valence-corrected chi connectivity index (χ2v) is 5.96. The predicted octanol–water partition coefficient (Wildman–Crippen LogP) is 2.09. The molecule has 0 aliphatic rings. The first-order chi connectivity index (χ1) is 9.86. The summed E-state index contributed by atoms with van der Waals surface area (Å²) in [5.74, 6) is 0.679. The summed E-state index contributed by atoms with van der Waals surface area (Å²) >= 11 is 0. The molecule has 0 radical (unpaired) electrons. The van der Waals surface area contributed by atoms with E-state index in [4.69, 9.17) is 5.11 Å². The fraction of sp³-hybridized carbons (Fsp3) is 0.400. The topological polar surface area (TPSA) is 90.9 Å². The molecule has 0 atom stereocenters. The van der Waals surface area contributed by atoms with Gasteiger partial charge in [0.1, 0.15) is 5.82 Å². The molecule has 0 unspecified atom stereocenters. The number of aromatic carboxylic acids is 1. The van der Waals surface area contributed by atoms with E-state index in [1.165, 1.54) is 0 Å². The van der Waals surface area contributed by atoms with Crippen molar-refractivity contribution in [2.75, 3.05) is 0 Å². The van der Waals surface area contributed by atoms with Crippen molar-refractivity contribution in [3.8, 4) is 0 Å². The number of H-pyrrole nitrogens is 1. The van der Waals surface area contributed by atoms with Crippen LogP contribution < -0.4 is 5.32 Å². The fourth-order valence-electron chi connectivity index (χ4n) is 1.80. The number of hydrogen-bond acceptors (Lipinski definition) is 4. The third-order valence-electron chi connectivity index (χ3n) is 3.02. The predicted molar refractivity (Wildman–Crippen MR) is 79.0 cm³/mol. The fourth-order valence-corrected chi connectivity index (χ4v) is 1.80. The average Bonchev–Trinajstić information content (AvgIpc) is 2.88. The highest BCUT2D eigenvalue weighted by atomic mass is 16.4. The van der Waals surface area contributed by atoms with Crippen molar-refractivity contribution in [1.82, 2.24) is 20.5 Å². The maximum Gasteiger partial charge on any atom is 0.335 e. The Hall–Kier alpha value is -2.21. The van der Waals surface area contributed by atoms with Crippen LogP contribution in [0.1, 0.15) is 48.3 Å². The van der Waals surface area contributed by atoms with Crippen LogP contribution in [0.2, 0.25) is 0 Å². The molecule has 0 amide bonds. The zero-order valence-corrected chi connectivity index (χ0v) is 12.5. The van der Waals surface area contributed by atoms with Crippen molar-refractivity contribution in [1.29, 1.82) is 0 Å². The van der Waals surface area contributed by atoms with E-state index in [1.54, 1.807) is 24.3 Å². The summed E-state index contributed by atoms with van der Waals surface area (Å²) in [5.41, 5.74) is 1.25. The standard InChI is InChI=1S/C15H20N4O2/c1-15(2,3)14-17-12(18-19-14)9-16-8-10-4-6-11(7-5-10)13(20)21/h4-7,16H,8-9H2,1-3H3,(H,20,21)(H,17,18,19). The zero-order valence-electron chi connectivity index (χ0n) is 12.5. The molecule has 0 spiro atoms. The van der Waals surface area contributed by atoms with Crippen molar-refractivity contribution in [3.63, 3.8) is 0 Å². The van der Waals surface area contributed by atoms with Gasteiger partial charge in [-0.05, 0) is 17.7 Å². The van der Waals surface area contributed by atoms with Crippen LogP contribution in [0.3, 0.4) is 0 Å². The Morgan fingerprint density at radius 3 is 2.43 bits per heavy atom. The van der Waals surface area contributed by atoms with Crippen molar-refractivity contribution in [2.45, 2.75) is 39.3 Å². The van der Waals surface area contributed by atoms with E-state index in [-0.39, 0.29) is 5.41 Å². The minimum atomic E-state index is -0.911. The quantitative estimate of drug-likeness (QED) is 0.783. The number of hydrogen-bond donors (Lipinski definition) is 3. The van der Waals surface area contributed by atoms with E-state index in [0.717, 1.165) is 17.2 Å². The van der Waals surface area contributed by atoms with Gasteiger partial charge in [0.15, 0.2) is 5.82 Å². The summed E-state index contributed by atoms with van der Waals surface area (Å²) in [6.07, 6.45) is 0. The van der Waals surface area contributed by atoms with Gasteiger partial charge in [-0.1, -0.05) is 32.9 Å². The van der Waals surface area contributed by atoms with Crippen molar-refractivity contribution < 1.29 is 9.90 Å². The van der Waals surface area contributed by atoms with Crippen molar-refractivity contribution in [2.24, 2.45) is 0 Å². The van der Waals surface area contributed by atoms with Gasteiger partial charge in [-0.25, -0.2) is 9.78 Å². The lowest BCUT2D eigenvalue weighted by Crippen LogP contribution is -2.15. The molecule has 0 saturated carbocycles. The third-order valence-corrected chi connectivity index (χ3v) is 3.02. The number of carbonyl (C=O) groups is 1. The van der Waals surface area contributed by atoms with Gasteiger partial charge in [0.25, 0.3) is 0 Å². The Labute approximate surface area is 123 Å². The van der Waals surface area contributed by atoms with Crippen LogP contribution in [0.15, 0.2) is 24.3 Å². The minimum absolute atomic E-state index is 0.0680. The Morgan fingerprint density at radius 1 is 1.24 bits per heavy atom. The molecule has 6 nitrogen and oxygen atoms in total. The monoisotopic (exact) mass is 288 g/mol. The number of rotatable bonds is 5. The first-order valence-electron chi connectivity index (χ1n) is 6.81. The number of aromatic nitrogens is 3. The zero-order chi connectivity index (χ0) is 15.5. The number of benzene rings is 1. The lowest BCUT2D eigenvalue weighted by Gasteiger charge is -2.11. The van der Waals surface area contributed by atoms with E-state index in [1.807, 2.05) is 0 Å². The number of carboxylic acids is 1. The Kier molecular flexibility index (Phi) is 4.37. The molecule has 0 aliphatic carbocycles. The molecule has 0 saturated heterocycles. The van der Waals surface area contributed by atoms with Gasteiger partial charge in [-0.3, -0.25) is 5.10 Å². The third kappa shape index (κ3) is 4.13. The molecule has 21 heavy (non-hydrogen) atoms. The number of nitrogens with zero attached hydrogens (tertiary/aromatic N) is 2. The van der Waals surface area contributed by atoms with Crippen molar-refractivity contribution in [3.05, 3.63) is 47.0 Å². The van der Waals surface area contributed by atoms with Gasteiger partial charge < -0.3 is 10.4 Å². The van der Waals surface area contributed by atoms with Gasteiger partial charge in [-0.15, -0.1) is 0 Å². The van der Waals surface area contributed by atoms with Gasteiger partial charge in [0, 0.05) is 12.0 Å². The van der Waals surface area contributed by atoms with E-state index < -0.39 is 5.97 Å². The normalized spacial score (nSPS) is 11.6. The van der Waals surface area contributed by atoms with Crippen LogP contribution in [-0.2, 0) is 18.5 Å². The summed E-state index contributed by atoms with van der Waals surface area (Å²) in [6, 6.07) is 6.81. The Balaban J connectivity index is 1.86. The molecule has 1 aromatic heterocycles. The van der Waals surface area contributed by atoms with Gasteiger partial charge in [0.05, 0.1) is 12.1 Å². The van der Waals surface area contributed by atoms with E-state index in [9.17, 15) is 4.79 Å². The first kappa shape index (κ1) is 15.2. The van der Waals surface area contributed by atoms with E-state index >= 15 is 0 Å². The molecule has 6 heteroatoms. The molecule has 1 aromatic carbocycles. The molecule has 1 heterocycles. The molecule has 0 aliphatic heterocycles. The van der Waals surface area contributed by atoms with Crippen LogP contribution in [0.4, 0.5) is 0 Å². The molecule has 2 rings (SSSR count). The largest absolute Gasteiger partial charge is 0.478 e. The highest BCUT2D eigenvalue weighted by Gasteiger charge is 2.18. The smallest absolute Gasteiger partial charge is 0.335 e. The summed E-state index contributed by atoms with van der Waals surface area (Å²) in [7, 11) is 0. The van der Waals surface area contributed by atoms with E-state index in [0.29, 0.717) is 18.7 Å². The van der Waals surface area contributed by atoms with Crippen LogP contribution in [0.5, 0.6) is 0 Å². The molecule has 0 fully saturated rings. The maximum absolute atomic E-state index is 10.8. The molecule has 0 bridgehead atoms. The van der Waals surface area contributed by atoms with Crippen LogP contribution >= 0.6 is 0 Å². The highest BCUT2D eigenvalue weighted by Crippen LogP contribution is 2.17. The van der Waals surface area contributed by atoms with E-state index in [2.05, 4.69) is 41.3 Å². The molecule has 3 N–H and O–H groups in total. The number of aromatic amines is 1. The lowest BCUT2D eigenvalue weighted by molar-refractivity contribution is 0.0697. The number of carboxylic acid groups (broad SMARTS) is 1. The molecular weight excluding hydrogens is 268 g/mol. The van der Waals surface area contributed by atoms with Crippen LogP contribution in [0, 0.1) is 0 Å². The average molecular weight is 288 g/mol. The SMILES string of the molecule is CC(C)(C)c1n[nH]c(CNCc2ccc(C(=O)O)cc2)n1.